The van der Waals surface area contributed by atoms with E-state index in [0.29, 0.717) is 0 Å². The van der Waals surface area contributed by atoms with Crippen molar-refractivity contribution in [3.8, 4) is 6.07 Å². The summed E-state index contributed by atoms with van der Waals surface area (Å²) >= 11 is 0. The second kappa shape index (κ2) is 23.0. The minimum absolute atomic E-state index is 0.0560. The summed E-state index contributed by atoms with van der Waals surface area (Å²) in [5.41, 5.74) is 0.849. The van der Waals surface area contributed by atoms with Gasteiger partial charge in [0.15, 0.2) is 0 Å². The molecule has 0 saturated heterocycles. The summed E-state index contributed by atoms with van der Waals surface area (Å²) in [6.07, 6.45) is 7.96. The number of nitrogens with one attached hydrogen (secondary N) is 1. The van der Waals surface area contributed by atoms with Crippen LogP contribution in [-0.2, 0) is 12.4 Å². The van der Waals surface area contributed by atoms with E-state index < -0.39 is 29.3 Å². The van der Waals surface area contributed by atoms with Gasteiger partial charge < -0.3 is 4.48 Å². The maximum absolute atomic E-state index is 12.5. The van der Waals surface area contributed by atoms with Crippen LogP contribution in [0.4, 0.5) is 37.7 Å². The maximum atomic E-state index is 12.5. The number of rotatable bonds is 19. The smallest absolute Gasteiger partial charge is 0.324 e. The molecule has 0 amide bonds. The van der Waals surface area contributed by atoms with Gasteiger partial charge in [0.1, 0.15) is 6.07 Å². The number of hydrazone groups is 1. The van der Waals surface area contributed by atoms with Gasteiger partial charge in [0, 0.05) is 0 Å². The van der Waals surface area contributed by atoms with E-state index in [9.17, 15) is 26.3 Å². The molecule has 12 heteroatoms. The van der Waals surface area contributed by atoms with Gasteiger partial charge in [0.25, 0.3) is 5.84 Å². The first-order chi connectivity index (χ1) is 22.8. The molecular weight excluding hydrogens is 630 g/mol. The summed E-state index contributed by atoms with van der Waals surface area (Å²) in [4.78, 5) is 0. The largest absolute Gasteiger partial charge is 0.416 e. The highest BCUT2D eigenvalue weighted by Crippen LogP contribution is 2.31. The van der Waals surface area contributed by atoms with Crippen LogP contribution in [0.1, 0.15) is 116 Å². The van der Waals surface area contributed by atoms with Crippen molar-refractivity contribution in [2.75, 3.05) is 31.6 Å². The second-order valence-corrected chi connectivity index (χ2v) is 12.0. The Hall–Kier alpha value is -3.46. The third kappa shape index (κ3) is 17.6. The van der Waals surface area contributed by atoms with Crippen molar-refractivity contribution in [3.63, 3.8) is 0 Å². The van der Waals surface area contributed by atoms with E-state index in [0.717, 1.165) is 48.5 Å². The SMILES string of the molecule is CCCCC[N+](CCCCC)(CCCCC)CCCCC.N#CC(N=Nc1ccc(C(F)(F)F)cc1)=NNc1ccc(C(F)(F)F)cc1. The average molecular weight is 684 g/mol. The molecule has 0 aliphatic heterocycles. The molecule has 2 aromatic rings. The molecule has 0 unspecified atom stereocenters. The number of hydrogen-bond acceptors (Lipinski definition) is 4. The fourth-order valence-corrected chi connectivity index (χ4v) is 5.20. The number of benzene rings is 2. The first-order valence-electron chi connectivity index (χ1n) is 17.2. The van der Waals surface area contributed by atoms with Gasteiger partial charge in [-0.25, -0.2) is 0 Å². The van der Waals surface area contributed by atoms with Crippen molar-refractivity contribution < 1.29 is 30.8 Å². The van der Waals surface area contributed by atoms with Crippen LogP contribution in [0.25, 0.3) is 0 Å². The Kier molecular flexibility index (Phi) is 20.4. The van der Waals surface area contributed by atoms with Gasteiger partial charge >= 0.3 is 12.4 Å². The minimum Gasteiger partial charge on any atom is -0.324 e. The molecule has 0 aliphatic carbocycles. The first kappa shape index (κ1) is 42.6. The fraction of sp³-hybridized carbons (Fsp3) is 0.611. The Balaban J connectivity index is 0.000000498. The van der Waals surface area contributed by atoms with Crippen LogP contribution >= 0.6 is 0 Å². The lowest BCUT2D eigenvalue weighted by atomic mass is 10.1. The third-order valence-corrected chi connectivity index (χ3v) is 8.00. The molecule has 6 nitrogen and oxygen atoms in total. The van der Waals surface area contributed by atoms with E-state index in [2.05, 4.69) is 48.5 Å². The highest BCUT2D eigenvalue weighted by atomic mass is 19.4. The van der Waals surface area contributed by atoms with Gasteiger partial charge in [0.05, 0.1) is 48.7 Å². The lowest BCUT2D eigenvalue weighted by Crippen LogP contribution is -2.50. The molecule has 0 aromatic heterocycles. The molecule has 1 N–H and O–H groups in total. The van der Waals surface area contributed by atoms with Crippen LogP contribution < -0.4 is 5.43 Å². The Labute approximate surface area is 282 Å². The van der Waals surface area contributed by atoms with Crippen molar-refractivity contribution in [1.29, 1.82) is 5.26 Å². The zero-order valence-corrected chi connectivity index (χ0v) is 28.9. The Morgan fingerprint density at radius 2 is 1.00 bits per heavy atom. The zero-order chi connectivity index (χ0) is 35.9. The number of quaternary nitrogens is 1. The maximum Gasteiger partial charge on any atom is 0.416 e. The normalized spacial score (nSPS) is 12.5. The molecule has 48 heavy (non-hydrogen) atoms. The van der Waals surface area contributed by atoms with Crippen LogP contribution in [-0.4, -0.2) is 36.5 Å². The van der Waals surface area contributed by atoms with Gasteiger partial charge in [-0.05, 0) is 99.9 Å². The van der Waals surface area contributed by atoms with Crippen molar-refractivity contribution in [2.24, 2.45) is 15.3 Å². The number of unbranched alkanes of at least 4 members (excludes halogenated alkanes) is 8. The van der Waals surface area contributed by atoms with Gasteiger partial charge in [0.2, 0.25) is 0 Å². The number of hydrogen-bond donors (Lipinski definition) is 1. The molecule has 2 aromatic carbocycles. The first-order valence-corrected chi connectivity index (χ1v) is 17.2. The molecule has 0 saturated carbocycles. The lowest BCUT2D eigenvalue weighted by molar-refractivity contribution is -0.929. The van der Waals surface area contributed by atoms with Gasteiger partial charge in [-0.2, -0.15) is 31.6 Å². The Bertz CT molecular complexity index is 1190. The standard InChI is InChI=1S/C20H44N.C16H9F6N5/c1-5-9-13-17-21(18-14-10-6-2,19-15-11-7-3)20-16-12-8-4;17-15(18,19)10-1-5-12(6-2-10)24-26-14(9-23)27-25-13-7-3-11(4-8-13)16(20,21)22/h5-20H2,1-4H3;1-8,24H/q+1;. The predicted octanol–water partition coefficient (Wildman–Crippen LogP) is 12.3. The minimum atomic E-state index is -4.49. The average Bonchev–Trinajstić information content (AvgIpc) is 3.05. The molecule has 268 valence electrons. The van der Waals surface area contributed by atoms with Crippen LogP contribution in [0.2, 0.25) is 0 Å². The van der Waals surface area contributed by atoms with Crippen LogP contribution in [0.3, 0.4) is 0 Å². The highest BCUT2D eigenvalue weighted by molar-refractivity contribution is 5.97. The molecule has 0 bridgehead atoms. The van der Waals surface area contributed by atoms with Crippen molar-refractivity contribution in [2.45, 2.75) is 117 Å². The number of halogens is 6. The predicted molar refractivity (Wildman–Crippen MR) is 182 cm³/mol. The van der Waals surface area contributed by atoms with E-state index in [1.807, 2.05) is 0 Å². The van der Waals surface area contributed by atoms with Crippen LogP contribution in [0, 0.1) is 11.3 Å². The number of alkyl halides is 6. The zero-order valence-electron chi connectivity index (χ0n) is 28.9. The number of azo groups is 1. The topological polar surface area (TPSA) is 72.9 Å². The fourth-order valence-electron chi connectivity index (χ4n) is 5.20. The monoisotopic (exact) mass is 683 g/mol. The number of nitrogens with zero attached hydrogens (tertiary/aromatic N) is 5. The summed E-state index contributed by atoms with van der Waals surface area (Å²) in [7, 11) is 0. The quantitative estimate of drug-likeness (QED) is 0.0304. The van der Waals surface area contributed by atoms with E-state index in [1.54, 1.807) is 6.07 Å². The van der Waals surface area contributed by atoms with Gasteiger partial charge in [-0.15, -0.1) is 15.3 Å². The number of anilines is 1. The van der Waals surface area contributed by atoms with Crippen molar-refractivity contribution >= 4 is 17.2 Å². The summed E-state index contributed by atoms with van der Waals surface area (Å²) in [6, 6.07) is 9.17. The molecule has 0 fully saturated rings. The molecular formula is C36H53F6N6+. The third-order valence-electron chi connectivity index (χ3n) is 8.00. The summed E-state index contributed by atoms with van der Waals surface area (Å²) in [5, 5.41) is 19.5. The second-order valence-electron chi connectivity index (χ2n) is 12.0. The molecule has 0 heterocycles. The van der Waals surface area contributed by atoms with E-state index in [4.69, 9.17) is 5.26 Å². The summed E-state index contributed by atoms with van der Waals surface area (Å²) in [6.45, 7) is 15.1. The van der Waals surface area contributed by atoms with E-state index in [-0.39, 0.29) is 11.4 Å². The summed E-state index contributed by atoms with van der Waals surface area (Å²) in [5.74, 6) is -0.477. The number of amidine groups is 1. The summed E-state index contributed by atoms with van der Waals surface area (Å²) < 4.78 is 76.2. The van der Waals surface area contributed by atoms with Crippen LogP contribution in [0.15, 0.2) is 63.9 Å². The van der Waals surface area contributed by atoms with Crippen molar-refractivity contribution in [1.82, 2.24) is 0 Å². The molecule has 0 spiro atoms. The molecule has 0 atom stereocenters. The highest BCUT2D eigenvalue weighted by Gasteiger charge is 2.31. The van der Waals surface area contributed by atoms with Crippen LogP contribution in [0.5, 0.6) is 0 Å². The Morgan fingerprint density at radius 1 is 0.625 bits per heavy atom. The molecule has 2 rings (SSSR count). The number of nitriles is 1. The van der Waals surface area contributed by atoms with E-state index in [1.165, 1.54) is 108 Å². The molecule has 0 radical (unpaired) electrons. The van der Waals surface area contributed by atoms with Crippen molar-refractivity contribution in [3.05, 3.63) is 59.7 Å². The Morgan fingerprint density at radius 3 is 1.33 bits per heavy atom. The van der Waals surface area contributed by atoms with E-state index >= 15 is 0 Å². The van der Waals surface area contributed by atoms with Gasteiger partial charge in [-0.1, -0.05) is 53.4 Å². The molecule has 0 aliphatic rings. The van der Waals surface area contributed by atoms with Gasteiger partial charge in [-0.3, -0.25) is 5.43 Å². The lowest BCUT2D eigenvalue weighted by Gasteiger charge is -2.39.